The largest absolute Gasteiger partial charge is 0.340 e. The lowest BCUT2D eigenvalue weighted by Crippen LogP contribution is -2.02. The molecule has 1 aromatic heterocycles. The van der Waals surface area contributed by atoms with Gasteiger partial charge in [0, 0.05) is 33.7 Å². The van der Waals surface area contributed by atoms with Crippen molar-refractivity contribution in [3.05, 3.63) is 70.9 Å². The summed E-state index contributed by atoms with van der Waals surface area (Å²) in [4.78, 5) is 20.2. The number of rotatable bonds is 5. The molecule has 0 unspecified atom stereocenters. The molecule has 0 saturated heterocycles. The lowest BCUT2D eigenvalue weighted by atomic mass is 10.1. The smallest absolute Gasteiger partial charge is 0.229 e. The summed E-state index contributed by atoms with van der Waals surface area (Å²) in [5, 5.41) is 7.02. The predicted molar refractivity (Wildman–Crippen MR) is 101 cm³/mol. The molecule has 0 aliphatic carbocycles. The van der Waals surface area contributed by atoms with E-state index in [0.29, 0.717) is 22.4 Å². The van der Waals surface area contributed by atoms with Crippen LogP contribution in [0.15, 0.2) is 54.6 Å². The van der Waals surface area contributed by atoms with E-state index in [4.69, 9.17) is 11.6 Å². The third kappa shape index (κ3) is 4.55. The first-order valence-corrected chi connectivity index (χ1v) is 8.14. The summed E-state index contributed by atoms with van der Waals surface area (Å²) in [6.45, 7) is 3.44. The maximum absolute atomic E-state index is 11.3. The van der Waals surface area contributed by atoms with Gasteiger partial charge in [0.2, 0.25) is 5.95 Å². The number of benzene rings is 2. The Kier molecular flexibility index (Phi) is 4.95. The lowest BCUT2D eigenvalue weighted by Gasteiger charge is -2.10. The zero-order valence-corrected chi connectivity index (χ0v) is 14.6. The molecule has 0 spiro atoms. The van der Waals surface area contributed by atoms with Crippen LogP contribution in [0.5, 0.6) is 0 Å². The van der Waals surface area contributed by atoms with E-state index in [-0.39, 0.29) is 5.78 Å². The molecule has 2 N–H and O–H groups in total. The highest BCUT2D eigenvalue weighted by Crippen LogP contribution is 2.21. The monoisotopic (exact) mass is 352 g/mol. The average Bonchev–Trinajstić information content (AvgIpc) is 2.54. The number of anilines is 4. The van der Waals surface area contributed by atoms with Gasteiger partial charge in [0.1, 0.15) is 5.82 Å². The Hall–Kier alpha value is -2.92. The quantitative estimate of drug-likeness (QED) is 0.623. The summed E-state index contributed by atoms with van der Waals surface area (Å²) in [7, 11) is 0. The van der Waals surface area contributed by atoms with Crippen LogP contribution < -0.4 is 10.6 Å². The van der Waals surface area contributed by atoms with E-state index >= 15 is 0 Å². The summed E-state index contributed by atoms with van der Waals surface area (Å²) < 4.78 is 0. The molecule has 0 fully saturated rings. The molecule has 1 heterocycles. The maximum Gasteiger partial charge on any atom is 0.229 e. The molecular weight excluding hydrogens is 336 g/mol. The molecule has 0 saturated carbocycles. The number of Topliss-reactive ketones (excluding diaryl/α,β-unsaturated/α-hetero) is 1. The number of hydrogen-bond donors (Lipinski definition) is 2. The topological polar surface area (TPSA) is 66.9 Å². The first-order chi connectivity index (χ1) is 12.0. The summed E-state index contributed by atoms with van der Waals surface area (Å²) in [5.41, 5.74) is 3.15. The number of nitrogens with one attached hydrogen (secondary N) is 2. The molecule has 3 rings (SSSR count). The van der Waals surface area contributed by atoms with Gasteiger partial charge in [0.05, 0.1) is 0 Å². The van der Waals surface area contributed by atoms with Crippen molar-refractivity contribution >= 4 is 40.5 Å². The minimum Gasteiger partial charge on any atom is -0.340 e. The van der Waals surface area contributed by atoms with Gasteiger partial charge in [-0.15, -0.1) is 0 Å². The second kappa shape index (κ2) is 7.32. The molecule has 0 atom stereocenters. The van der Waals surface area contributed by atoms with E-state index in [2.05, 4.69) is 20.6 Å². The van der Waals surface area contributed by atoms with Gasteiger partial charge in [-0.1, -0.05) is 17.7 Å². The van der Waals surface area contributed by atoms with Crippen LogP contribution in [0, 0.1) is 6.92 Å². The van der Waals surface area contributed by atoms with Crippen molar-refractivity contribution in [2.24, 2.45) is 0 Å². The van der Waals surface area contributed by atoms with Gasteiger partial charge in [-0.3, -0.25) is 4.79 Å². The molecule has 126 valence electrons. The molecule has 3 aromatic rings. The fourth-order valence-corrected chi connectivity index (χ4v) is 2.51. The number of carbonyl (C=O) groups is 1. The highest BCUT2D eigenvalue weighted by molar-refractivity contribution is 6.30. The first-order valence-electron chi connectivity index (χ1n) is 7.76. The molecule has 0 bridgehead atoms. The van der Waals surface area contributed by atoms with Crippen LogP contribution in [-0.4, -0.2) is 15.8 Å². The van der Waals surface area contributed by atoms with Crippen molar-refractivity contribution in [1.29, 1.82) is 0 Å². The summed E-state index contributed by atoms with van der Waals surface area (Å²) in [5.74, 6) is 1.17. The highest BCUT2D eigenvalue weighted by atomic mass is 35.5. The highest BCUT2D eigenvalue weighted by Gasteiger charge is 2.05. The number of nitrogens with zero attached hydrogens (tertiary/aromatic N) is 2. The van der Waals surface area contributed by atoms with Crippen molar-refractivity contribution in [2.75, 3.05) is 10.6 Å². The zero-order valence-electron chi connectivity index (χ0n) is 13.9. The van der Waals surface area contributed by atoms with Crippen LogP contribution in [0.4, 0.5) is 23.1 Å². The van der Waals surface area contributed by atoms with Gasteiger partial charge in [0.15, 0.2) is 5.78 Å². The minimum absolute atomic E-state index is 0.0337. The molecule has 6 heteroatoms. The molecule has 5 nitrogen and oxygen atoms in total. The molecule has 0 amide bonds. The summed E-state index contributed by atoms with van der Waals surface area (Å²) in [6.07, 6.45) is 0. The zero-order chi connectivity index (χ0) is 17.8. The molecule has 25 heavy (non-hydrogen) atoms. The van der Waals surface area contributed by atoms with Gasteiger partial charge in [0.25, 0.3) is 0 Å². The van der Waals surface area contributed by atoms with Crippen LogP contribution in [0.25, 0.3) is 0 Å². The maximum atomic E-state index is 11.3. The predicted octanol–water partition coefficient (Wildman–Crippen LogP) is 5.13. The fraction of sp³-hybridized carbons (Fsp3) is 0.105. The van der Waals surface area contributed by atoms with Gasteiger partial charge in [-0.25, -0.2) is 4.98 Å². The third-order valence-corrected chi connectivity index (χ3v) is 3.73. The number of aromatic nitrogens is 2. The van der Waals surface area contributed by atoms with E-state index in [9.17, 15) is 4.79 Å². The van der Waals surface area contributed by atoms with Crippen LogP contribution in [0.2, 0.25) is 5.02 Å². The molecule has 0 aliphatic rings. The van der Waals surface area contributed by atoms with Gasteiger partial charge < -0.3 is 10.6 Å². The van der Waals surface area contributed by atoms with E-state index in [1.54, 1.807) is 19.1 Å². The van der Waals surface area contributed by atoms with E-state index in [1.165, 1.54) is 0 Å². The second-order valence-corrected chi connectivity index (χ2v) is 6.05. The van der Waals surface area contributed by atoms with Gasteiger partial charge in [-0.05, 0) is 56.3 Å². The second-order valence-electron chi connectivity index (χ2n) is 5.61. The van der Waals surface area contributed by atoms with E-state index in [1.807, 2.05) is 49.4 Å². The summed E-state index contributed by atoms with van der Waals surface area (Å²) in [6, 6.07) is 16.5. The minimum atomic E-state index is 0.0337. The SMILES string of the molecule is CC(=O)c1ccc(Nc2nc(C)cc(Nc3cccc(Cl)c3)n2)cc1. The molecular formula is C19H17ClN4O. The van der Waals surface area contributed by atoms with Crippen molar-refractivity contribution in [3.63, 3.8) is 0 Å². The van der Waals surface area contributed by atoms with Crippen LogP contribution in [0.3, 0.4) is 0 Å². The van der Waals surface area contributed by atoms with Crippen molar-refractivity contribution < 1.29 is 4.79 Å². The Morgan fingerprint density at radius 2 is 1.72 bits per heavy atom. The number of hydrogen-bond acceptors (Lipinski definition) is 5. The standard InChI is InChI=1S/C19H17ClN4O/c1-12-10-18(22-17-5-3-4-15(20)11-17)24-19(21-12)23-16-8-6-14(7-9-16)13(2)25/h3-11H,1-2H3,(H2,21,22,23,24). The van der Waals surface area contributed by atoms with Gasteiger partial charge >= 0.3 is 0 Å². The number of ketones is 1. The number of carbonyl (C=O) groups excluding carboxylic acids is 1. The van der Waals surface area contributed by atoms with Gasteiger partial charge in [-0.2, -0.15) is 4.98 Å². The normalized spacial score (nSPS) is 10.4. The fourth-order valence-electron chi connectivity index (χ4n) is 2.32. The molecule has 0 radical (unpaired) electrons. The number of halogens is 1. The Labute approximate surface area is 151 Å². The Morgan fingerprint density at radius 1 is 0.960 bits per heavy atom. The first kappa shape index (κ1) is 16.9. The molecule has 0 aliphatic heterocycles. The van der Waals surface area contributed by atoms with Crippen LogP contribution in [-0.2, 0) is 0 Å². The van der Waals surface area contributed by atoms with Crippen LogP contribution in [0.1, 0.15) is 23.0 Å². The third-order valence-electron chi connectivity index (χ3n) is 3.50. The lowest BCUT2D eigenvalue weighted by molar-refractivity contribution is 0.101. The van der Waals surface area contributed by atoms with E-state index in [0.717, 1.165) is 17.1 Å². The Balaban J connectivity index is 1.80. The summed E-state index contributed by atoms with van der Waals surface area (Å²) >= 11 is 6.01. The van der Waals surface area contributed by atoms with Crippen molar-refractivity contribution in [3.8, 4) is 0 Å². The van der Waals surface area contributed by atoms with Crippen molar-refractivity contribution in [2.45, 2.75) is 13.8 Å². The Morgan fingerprint density at radius 3 is 2.40 bits per heavy atom. The van der Waals surface area contributed by atoms with E-state index < -0.39 is 0 Å². The van der Waals surface area contributed by atoms with Crippen LogP contribution >= 0.6 is 11.6 Å². The average molecular weight is 353 g/mol. The number of aryl methyl sites for hydroxylation is 1. The van der Waals surface area contributed by atoms with Crippen molar-refractivity contribution in [1.82, 2.24) is 9.97 Å². The Bertz CT molecular complexity index is 910. The molecule has 2 aromatic carbocycles.